The minimum absolute atomic E-state index is 0.120. The molecule has 23 heavy (non-hydrogen) atoms. The number of alkyl halides is 3. The van der Waals surface area contributed by atoms with Gasteiger partial charge >= 0.3 is 6.18 Å². The molecule has 128 valence electrons. The Morgan fingerprint density at radius 1 is 1.30 bits per heavy atom. The summed E-state index contributed by atoms with van der Waals surface area (Å²) in [5, 5.41) is 0. The topological polar surface area (TPSA) is 20.3 Å². The highest BCUT2D eigenvalue weighted by molar-refractivity contribution is 5.86. The third kappa shape index (κ3) is 3.44. The number of hydrogen-bond acceptors (Lipinski definition) is 2. The number of Topliss-reactive ketones (excluding diaryl/α,β-unsaturated/α-hetero) is 1. The molecular formula is C18H24F3NO. The van der Waals surface area contributed by atoms with E-state index in [1.54, 1.807) is 6.07 Å². The lowest BCUT2D eigenvalue weighted by Gasteiger charge is -2.50. The van der Waals surface area contributed by atoms with Crippen molar-refractivity contribution in [3.63, 3.8) is 0 Å². The maximum Gasteiger partial charge on any atom is 0.416 e. The molecule has 1 fully saturated rings. The van der Waals surface area contributed by atoms with Gasteiger partial charge in [0.25, 0.3) is 0 Å². The van der Waals surface area contributed by atoms with Crippen molar-refractivity contribution in [2.75, 3.05) is 14.1 Å². The average molecular weight is 327 g/mol. The van der Waals surface area contributed by atoms with Gasteiger partial charge in [-0.2, -0.15) is 13.2 Å². The van der Waals surface area contributed by atoms with Crippen LogP contribution in [-0.2, 0) is 16.4 Å². The Labute approximate surface area is 135 Å². The van der Waals surface area contributed by atoms with Crippen molar-refractivity contribution in [3.05, 3.63) is 35.4 Å². The summed E-state index contributed by atoms with van der Waals surface area (Å²) in [5.74, 6) is 0.120. The molecule has 0 heterocycles. The molecule has 0 amide bonds. The number of benzene rings is 1. The van der Waals surface area contributed by atoms with Gasteiger partial charge in [-0.3, -0.25) is 9.69 Å². The summed E-state index contributed by atoms with van der Waals surface area (Å²) in [4.78, 5) is 14.5. The molecule has 0 aromatic heterocycles. The van der Waals surface area contributed by atoms with E-state index in [1.807, 2.05) is 25.9 Å². The maximum atomic E-state index is 13.0. The fourth-order valence-electron chi connectivity index (χ4n) is 3.76. The van der Waals surface area contributed by atoms with Crippen molar-refractivity contribution < 1.29 is 18.0 Å². The first-order valence-electron chi connectivity index (χ1n) is 8.09. The number of carbonyl (C=O) groups is 1. The first-order chi connectivity index (χ1) is 10.7. The van der Waals surface area contributed by atoms with E-state index in [0.717, 1.165) is 31.7 Å². The quantitative estimate of drug-likeness (QED) is 0.770. The Morgan fingerprint density at radius 2 is 1.96 bits per heavy atom. The maximum absolute atomic E-state index is 13.0. The number of likely N-dealkylation sites (N-methyl/N-ethyl adjacent to an activating group) is 1. The molecule has 1 aromatic rings. The SMILES string of the molecule is CCCC(=O)C(N(C)C)C1(c2cccc(C(F)(F)F)c2)CCC1. The van der Waals surface area contributed by atoms with Crippen molar-refractivity contribution in [2.45, 2.75) is 56.7 Å². The first-order valence-corrected chi connectivity index (χ1v) is 8.09. The molecule has 0 radical (unpaired) electrons. The van der Waals surface area contributed by atoms with E-state index in [-0.39, 0.29) is 11.8 Å². The molecule has 5 heteroatoms. The third-order valence-corrected chi connectivity index (χ3v) is 4.85. The lowest BCUT2D eigenvalue weighted by atomic mass is 9.58. The zero-order chi connectivity index (χ0) is 17.3. The van der Waals surface area contributed by atoms with Gasteiger partial charge in [0.2, 0.25) is 0 Å². The van der Waals surface area contributed by atoms with Crippen LogP contribution in [0.2, 0.25) is 0 Å². The lowest BCUT2D eigenvalue weighted by molar-refractivity contribution is -0.137. The minimum Gasteiger partial charge on any atom is -0.299 e. The Balaban J connectivity index is 2.45. The summed E-state index contributed by atoms with van der Waals surface area (Å²) >= 11 is 0. The zero-order valence-electron chi connectivity index (χ0n) is 13.9. The van der Waals surface area contributed by atoms with Crippen molar-refractivity contribution in [1.82, 2.24) is 4.90 Å². The number of halogens is 3. The molecule has 0 spiro atoms. The number of ketones is 1. The highest BCUT2D eigenvalue weighted by Crippen LogP contribution is 2.49. The predicted octanol–water partition coefficient (Wildman–Crippen LogP) is 4.43. The third-order valence-electron chi connectivity index (χ3n) is 4.85. The summed E-state index contributed by atoms with van der Waals surface area (Å²) in [5.41, 5.74) is -0.486. The van der Waals surface area contributed by atoms with E-state index < -0.39 is 17.2 Å². The van der Waals surface area contributed by atoms with Gasteiger partial charge in [-0.25, -0.2) is 0 Å². The van der Waals surface area contributed by atoms with Gasteiger partial charge in [0.05, 0.1) is 11.6 Å². The van der Waals surface area contributed by atoms with Gasteiger partial charge in [0, 0.05) is 11.8 Å². The molecule has 2 rings (SSSR count). The van der Waals surface area contributed by atoms with E-state index in [4.69, 9.17) is 0 Å². The Morgan fingerprint density at radius 3 is 2.39 bits per heavy atom. The Bertz CT molecular complexity index is 562. The number of rotatable bonds is 6. The minimum atomic E-state index is -4.36. The lowest BCUT2D eigenvalue weighted by Crippen LogP contribution is -2.56. The zero-order valence-corrected chi connectivity index (χ0v) is 13.9. The molecule has 0 bridgehead atoms. The molecule has 0 aliphatic heterocycles. The van der Waals surface area contributed by atoms with Crippen LogP contribution in [-0.4, -0.2) is 30.8 Å². The molecule has 1 unspecified atom stereocenters. The van der Waals surface area contributed by atoms with E-state index >= 15 is 0 Å². The molecule has 1 aromatic carbocycles. The van der Waals surface area contributed by atoms with Gasteiger partial charge in [-0.15, -0.1) is 0 Å². The highest BCUT2D eigenvalue weighted by Gasteiger charge is 2.49. The van der Waals surface area contributed by atoms with Crippen molar-refractivity contribution >= 4 is 5.78 Å². The second-order valence-corrected chi connectivity index (χ2v) is 6.67. The molecule has 0 saturated heterocycles. The summed E-state index contributed by atoms with van der Waals surface area (Å²) in [6, 6.07) is 5.16. The van der Waals surface area contributed by atoms with Crippen LogP contribution in [0.3, 0.4) is 0 Å². The molecule has 1 aliphatic carbocycles. The average Bonchev–Trinajstić information content (AvgIpc) is 2.41. The normalized spacial score (nSPS) is 18.6. The van der Waals surface area contributed by atoms with E-state index in [0.29, 0.717) is 12.0 Å². The molecular weight excluding hydrogens is 303 g/mol. The first kappa shape index (κ1) is 18.0. The van der Waals surface area contributed by atoms with Gasteiger partial charge in [-0.1, -0.05) is 31.5 Å². The number of hydrogen-bond donors (Lipinski definition) is 0. The summed E-state index contributed by atoms with van der Waals surface area (Å²) in [6.07, 6.45) is -0.688. The molecule has 1 saturated carbocycles. The van der Waals surface area contributed by atoms with Crippen LogP contribution in [0.15, 0.2) is 24.3 Å². The van der Waals surface area contributed by atoms with Crippen LogP contribution in [0.5, 0.6) is 0 Å². The molecule has 0 N–H and O–H groups in total. The van der Waals surface area contributed by atoms with Gasteiger partial charge in [0.15, 0.2) is 5.78 Å². The van der Waals surface area contributed by atoms with Crippen LogP contribution in [0.4, 0.5) is 13.2 Å². The Kier molecular flexibility index (Phi) is 5.19. The van der Waals surface area contributed by atoms with Crippen LogP contribution in [0.25, 0.3) is 0 Å². The summed E-state index contributed by atoms with van der Waals surface area (Å²) < 4.78 is 39.1. The van der Waals surface area contributed by atoms with Crippen LogP contribution < -0.4 is 0 Å². The second-order valence-electron chi connectivity index (χ2n) is 6.67. The fourth-order valence-corrected chi connectivity index (χ4v) is 3.76. The van der Waals surface area contributed by atoms with Crippen LogP contribution in [0, 0.1) is 0 Å². The van der Waals surface area contributed by atoms with Gasteiger partial charge < -0.3 is 0 Å². The van der Waals surface area contributed by atoms with E-state index in [1.165, 1.54) is 12.1 Å². The monoisotopic (exact) mass is 327 g/mol. The van der Waals surface area contributed by atoms with Crippen molar-refractivity contribution in [2.24, 2.45) is 0 Å². The molecule has 1 atom stereocenters. The Hall–Kier alpha value is -1.36. The molecule has 2 nitrogen and oxygen atoms in total. The van der Waals surface area contributed by atoms with Crippen LogP contribution in [0.1, 0.15) is 50.2 Å². The van der Waals surface area contributed by atoms with Gasteiger partial charge in [0.1, 0.15) is 0 Å². The van der Waals surface area contributed by atoms with Crippen molar-refractivity contribution in [3.8, 4) is 0 Å². The summed E-state index contributed by atoms with van der Waals surface area (Å²) in [6.45, 7) is 1.95. The standard InChI is InChI=1S/C18H24F3NO/c1-4-7-15(23)16(22(2)3)17(10-6-11-17)13-8-5-9-14(12-13)18(19,20)21/h5,8-9,12,16H,4,6-7,10-11H2,1-3H3. The van der Waals surface area contributed by atoms with Gasteiger partial charge in [-0.05, 0) is 45.0 Å². The van der Waals surface area contributed by atoms with E-state index in [2.05, 4.69) is 0 Å². The number of nitrogens with zero attached hydrogens (tertiary/aromatic N) is 1. The molecule has 1 aliphatic rings. The largest absolute Gasteiger partial charge is 0.416 e. The highest BCUT2D eigenvalue weighted by atomic mass is 19.4. The second kappa shape index (κ2) is 6.63. The fraction of sp³-hybridized carbons (Fsp3) is 0.611. The smallest absolute Gasteiger partial charge is 0.299 e. The predicted molar refractivity (Wildman–Crippen MR) is 84.4 cm³/mol. The van der Waals surface area contributed by atoms with Crippen LogP contribution >= 0.6 is 0 Å². The number of carbonyl (C=O) groups excluding carboxylic acids is 1. The summed E-state index contributed by atoms with van der Waals surface area (Å²) in [7, 11) is 3.68. The van der Waals surface area contributed by atoms with Crippen molar-refractivity contribution in [1.29, 1.82) is 0 Å². The van der Waals surface area contributed by atoms with E-state index in [9.17, 15) is 18.0 Å².